The lowest BCUT2D eigenvalue weighted by atomic mass is 10.2. The maximum Gasteiger partial charge on any atom is 0.150 e. The van der Waals surface area contributed by atoms with Crippen LogP contribution in [0.15, 0.2) is 29.0 Å². The first-order chi connectivity index (χ1) is 8.09. The number of hydrogen-bond donors (Lipinski definition) is 2. The summed E-state index contributed by atoms with van der Waals surface area (Å²) in [6.45, 7) is 1.96. The number of nitrogens with zero attached hydrogens (tertiary/aromatic N) is 2. The Morgan fingerprint density at radius 1 is 1.35 bits per heavy atom. The molecule has 4 nitrogen and oxygen atoms in total. The molecule has 0 aliphatic carbocycles. The van der Waals surface area contributed by atoms with Crippen molar-refractivity contribution in [3.63, 3.8) is 0 Å². The van der Waals surface area contributed by atoms with Crippen LogP contribution in [0, 0.1) is 6.92 Å². The van der Waals surface area contributed by atoms with Gasteiger partial charge in [-0.25, -0.2) is 9.97 Å². The summed E-state index contributed by atoms with van der Waals surface area (Å²) in [5.74, 6) is 0.973. The van der Waals surface area contributed by atoms with Crippen molar-refractivity contribution in [3.05, 3.63) is 39.6 Å². The van der Waals surface area contributed by atoms with Gasteiger partial charge in [0.15, 0.2) is 0 Å². The number of anilines is 3. The summed E-state index contributed by atoms with van der Waals surface area (Å²) in [6, 6.07) is 5.67. The highest BCUT2D eigenvalue weighted by atomic mass is 79.9. The molecule has 0 saturated carbocycles. The number of aryl methyl sites for hydroxylation is 1. The van der Waals surface area contributed by atoms with E-state index in [1.807, 2.05) is 25.1 Å². The van der Waals surface area contributed by atoms with Crippen molar-refractivity contribution in [3.8, 4) is 0 Å². The molecule has 6 heteroatoms. The van der Waals surface area contributed by atoms with E-state index in [0.717, 1.165) is 11.3 Å². The molecule has 0 fully saturated rings. The maximum atomic E-state index is 6.12. The number of nitrogens with one attached hydrogen (secondary N) is 1. The molecule has 2 aromatic rings. The summed E-state index contributed by atoms with van der Waals surface area (Å²) in [5.41, 5.74) is 7.52. The second-order valence-electron chi connectivity index (χ2n) is 3.48. The molecule has 88 valence electrons. The van der Waals surface area contributed by atoms with Crippen LogP contribution in [0.3, 0.4) is 0 Å². The zero-order chi connectivity index (χ0) is 12.4. The average molecular weight is 314 g/mol. The molecule has 1 aromatic heterocycles. The third kappa shape index (κ3) is 2.50. The number of rotatable bonds is 2. The lowest BCUT2D eigenvalue weighted by molar-refractivity contribution is 1.16. The van der Waals surface area contributed by atoms with Gasteiger partial charge in [-0.15, -0.1) is 0 Å². The molecule has 0 amide bonds. The van der Waals surface area contributed by atoms with E-state index in [1.165, 1.54) is 6.33 Å². The number of nitrogens with two attached hydrogens (primary N) is 1. The second-order valence-corrected chi connectivity index (χ2v) is 4.68. The minimum absolute atomic E-state index is 0.382. The SMILES string of the molecule is Cc1cccc(Cl)c1Nc1ncnc(N)c1Br. The van der Waals surface area contributed by atoms with Gasteiger partial charge in [0.1, 0.15) is 22.4 Å². The van der Waals surface area contributed by atoms with Gasteiger partial charge in [-0.05, 0) is 34.5 Å². The number of benzene rings is 1. The Morgan fingerprint density at radius 2 is 2.12 bits per heavy atom. The van der Waals surface area contributed by atoms with Crippen LogP contribution in [0.2, 0.25) is 5.02 Å². The Labute approximate surface area is 112 Å². The van der Waals surface area contributed by atoms with Crippen molar-refractivity contribution in [1.29, 1.82) is 0 Å². The van der Waals surface area contributed by atoms with Crippen molar-refractivity contribution in [2.45, 2.75) is 6.92 Å². The van der Waals surface area contributed by atoms with Gasteiger partial charge >= 0.3 is 0 Å². The van der Waals surface area contributed by atoms with Crippen LogP contribution in [0.25, 0.3) is 0 Å². The highest BCUT2D eigenvalue weighted by Crippen LogP contribution is 2.32. The van der Waals surface area contributed by atoms with E-state index in [0.29, 0.717) is 21.1 Å². The predicted octanol–water partition coefficient (Wildman–Crippen LogP) is 3.53. The minimum atomic E-state index is 0.382. The highest BCUT2D eigenvalue weighted by Gasteiger charge is 2.09. The Balaban J connectivity index is 2.42. The van der Waals surface area contributed by atoms with Gasteiger partial charge < -0.3 is 11.1 Å². The van der Waals surface area contributed by atoms with Crippen LogP contribution in [0.1, 0.15) is 5.56 Å². The number of nitrogen functional groups attached to an aromatic ring is 1. The summed E-state index contributed by atoms with van der Waals surface area (Å²) in [4.78, 5) is 7.98. The molecular formula is C11H10BrClN4. The monoisotopic (exact) mass is 312 g/mol. The van der Waals surface area contributed by atoms with E-state index in [4.69, 9.17) is 17.3 Å². The molecule has 3 N–H and O–H groups in total. The van der Waals surface area contributed by atoms with Gasteiger partial charge in [-0.2, -0.15) is 0 Å². The van der Waals surface area contributed by atoms with E-state index in [-0.39, 0.29) is 0 Å². The Morgan fingerprint density at radius 3 is 2.82 bits per heavy atom. The van der Waals surface area contributed by atoms with Crippen LogP contribution in [0.4, 0.5) is 17.3 Å². The van der Waals surface area contributed by atoms with Crippen LogP contribution in [0.5, 0.6) is 0 Å². The summed E-state index contributed by atoms with van der Waals surface area (Å²) < 4.78 is 0.624. The summed E-state index contributed by atoms with van der Waals surface area (Å²) in [5, 5.41) is 3.77. The Hall–Kier alpha value is -1.33. The molecule has 0 saturated heterocycles. The van der Waals surface area contributed by atoms with Crippen molar-refractivity contribution in [2.24, 2.45) is 0 Å². The topological polar surface area (TPSA) is 63.8 Å². The molecular weight excluding hydrogens is 304 g/mol. The zero-order valence-electron chi connectivity index (χ0n) is 9.04. The van der Waals surface area contributed by atoms with Crippen molar-refractivity contribution in [2.75, 3.05) is 11.1 Å². The van der Waals surface area contributed by atoms with E-state index >= 15 is 0 Å². The predicted molar refractivity (Wildman–Crippen MR) is 73.6 cm³/mol. The fourth-order valence-corrected chi connectivity index (χ4v) is 1.95. The smallest absolute Gasteiger partial charge is 0.150 e. The molecule has 0 atom stereocenters. The largest absolute Gasteiger partial charge is 0.383 e. The lowest BCUT2D eigenvalue weighted by Crippen LogP contribution is -2.01. The number of hydrogen-bond acceptors (Lipinski definition) is 4. The third-order valence-corrected chi connectivity index (χ3v) is 3.38. The maximum absolute atomic E-state index is 6.12. The molecule has 0 bridgehead atoms. The van der Waals surface area contributed by atoms with E-state index < -0.39 is 0 Å². The highest BCUT2D eigenvalue weighted by molar-refractivity contribution is 9.10. The van der Waals surface area contributed by atoms with Gasteiger partial charge in [-0.3, -0.25) is 0 Å². The number of aromatic nitrogens is 2. The van der Waals surface area contributed by atoms with Crippen LogP contribution in [-0.2, 0) is 0 Å². The first-order valence-corrected chi connectivity index (χ1v) is 6.05. The molecule has 0 aliphatic rings. The third-order valence-electron chi connectivity index (χ3n) is 2.28. The average Bonchev–Trinajstić information content (AvgIpc) is 2.29. The summed E-state index contributed by atoms with van der Waals surface area (Å²) in [6.07, 6.45) is 1.40. The Bertz CT molecular complexity index is 539. The minimum Gasteiger partial charge on any atom is -0.383 e. The normalized spacial score (nSPS) is 10.3. The van der Waals surface area contributed by atoms with Crippen LogP contribution < -0.4 is 11.1 Å². The van der Waals surface area contributed by atoms with Crippen LogP contribution in [-0.4, -0.2) is 9.97 Å². The van der Waals surface area contributed by atoms with Crippen LogP contribution >= 0.6 is 27.5 Å². The molecule has 1 aromatic carbocycles. The van der Waals surface area contributed by atoms with Gasteiger partial charge in [-0.1, -0.05) is 23.7 Å². The molecule has 17 heavy (non-hydrogen) atoms. The first kappa shape index (κ1) is 12.1. The summed E-state index contributed by atoms with van der Waals surface area (Å²) in [7, 11) is 0. The zero-order valence-corrected chi connectivity index (χ0v) is 11.4. The lowest BCUT2D eigenvalue weighted by Gasteiger charge is -2.12. The molecule has 0 aliphatic heterocycles. The van der Waals surface area contributed by atoms with Crippen molar-refractivity contribution < 1.29 is 0 Å². The second kappa shape index (κ2) is 4.89. The fourth-order valence-electron chi connectivity index (χ4n) is 1.38. The van der Waals surface area contributed by atoms with Gasteiger partial charge in [0.25, 0.3) is 0 Å². The van der Waals surface area contributed by atoms with E-state index in [2.05, 4.69) is 31.2 Å². The standard InChI is InChI=1S/C11H10BrClN4/c1-6-3-2-4-7(13)9(6)17-11-8(12)10(14)15-5-16-11/h2-5H,1H3,(H3,14,15,16,17). The van der Waals surface area contributed by atoms with E-state index in [9.17, 15) is 0 Å². The van der Waals surface area contributed by atoms with Gasteiger partial charge in [0.2, 0.25) is 0 Å². The fraction of sp³-hybridized carbons (Fsp3) is 0.0909. The van der Waals surface area contributed by atoms with Crippen molar-refractivity contribution in [1.82, 2.24) is 9.97 Å². The number of halogens is 2. The van der Waals surface area contributed by atoms with E-state index in [1.54, 1.807) is 0 Å². The van der Waals surface area contributed by atoms with Crippen molar-refractivity contribution >= 4 is 44.9 Å². The molecule has 2 rings (SSSR count). The quantitative estimate of drug-likeness (QED) is 0.890. The molecule has 1 heterocycles. The van der Waals surface area contributed by atoms with Gasteiger partial charge in [0, 0.05) is 0 Å². The number of para-hydroxylation sites is 1. The molecule has 0 unspecified atom stereocenters. The summed E-state index contributed by atoms with van der Waals surface area (Å²) >= 11 is 9.45. The first-order valence-electron chi connectivity index (χ1n) is 4.87. The Kier molecular flexibility index (Phi) is 3.49. The molecule has 0 spiro atoms. The van der Waals surface area contributed by atoms with Gasteiger partial charge in [0.05, 0.1) is 10.7 Å². The molecule has 0 radical (unpaired) electrons.